The van der Waals surface area contributed by atoms with Crippen LogP contribution >= 0.6 is 0 Å². The summed E-state index contributed by atoms with van der Waals surface area (Å²) >= 11 is 0. The SMILES string of the molecule is C=CCNC(=O)[C@H](NC(=O)c1ccc(F)cc1)C1CCN(C(=O)CC)CC1. The maximum absolute atomic E-state index is 13.1. The lowest BCUT2D eigenvalue weighted by atomic mass is 9.88. The first kappa shape index (κ1) is 20.6. The maximum atomic E-state index is 13.1. The van der Waals surface area contributed by atoms with E-state index in [2.05, 4.69) is 17.2 Å². The zero-order chi connectivity index (χ0) is 19.8. The van der Waals surface area contributed by atoms with Crippen LogP contribution in [0.5, 0.6) is 0 Å². The Morgan fingerprint density at radius 1 is 1.26 bits per heavy atom. The molecule has 0 bridgehead atoms. The summed E-state index contributed by atoms with van der Waals surface area (Å²) in [5.74, 6) is -1.14. The van der Waals surface area contributed by atoms with Gasteiger partial charge in [-0.1, -0.05) is 13.0 Å². The second-order valence-corrected chi connectivity index (χ2v) is 6.56. The third-order valence-electron chi connectivity index (χ3n) is 4.76. The minimum atomic E-state index is -0.721. The Bertz CT molecular complexity index is 682. The van der Waals surface area contributed by atoms with Crippen molar-refractivity contribution in [1.29, 1.82) is 0 Å². The average molecular weight is 375 g/mol. The minimum absolute atomic E-state index is 0.0832. The zero-order valence-corrected chi connectivity index (χ0v) is 15.5. The van der Waals surface area contributed by atoms with E-state index in [4.69, 9.17) is 0 Å². The van der Waals surface area contributed by atoms with Gasteiger partial charge in [0.05, 0.1) is 0 Å². The van der Waals surface area contributed by atoms with Crippen LogP contribution in [-0.4, -0.2) is 48.3 Å². The smallest absolute Gasteiger partial charge is 0.251 e. The molecular formula is C20H26FN3O3. The second-order valence-electron chi connectivity index (χ2n) is 6.56. The van der Waals surface area contributed by atoms with Crippen LogP contribution in [0.25, 0.3) is 0 Å². The van der Waals surface area contributed by atoms with Crippen molar-refractivity contribution in [3.8, 4) is 0 Å². The molecule has 1 saturated heterocycles. The Morgan fingerprint density at radius 2 is 1.89 bits per heavy atom. The molecule has 0 aromatic heterocycles. The normalized spacial score (nSPS) is 15.7. The van der Waals surface area contributed by atoms with Crippen LogP contribution in [0.4, 0.5) is 4.39 Å². The molecule has 1 fully saturated rings. The van der Waals surface area contributed by atoms with Gasteiger partial charge in [-0.05, 0) is 43.0 Å². The molecule has 3 amide bonds. The molecule has 1 heterocycles. The van der Waals surface area contributed by atoms with Gasteiger partial charge in [0.25, 0.3) is 5.91 Å². The molecule has 1 atom stereocenters. The van der Waals surface area contributed by atoms with Gasteiger partial charge in [0.15, 0.2) is 0 Å². The number of carbonyl (C=O) groups is 3. The van der Waals surface area contributed by atoms with Gasteiger partial charge in [-0.15, -0.1) is 6.58 Å². The summed E-state index contributed by atoms with van der Waals surface area (Å²) < 4.78 is 13.1. The number of halogens is 1. The third kappa shape index (κ3) is 5.64. The summed E-state index contributed by atoms with van der Waals surface area (Å²) in [6, 6.07) is 4.45. The Labute approximate surface area is 158 Å². The van der Waals surface area contributed by atoms with Gasteiger partial charge in [-0.2, -0.15) is 0 Å². The van der Waals surface area contributed by atoms with Crippen molar-refractivity contribution in [2.24, 2.45) is 5.92 Å². The molecule has 146 valence electrons. The van der Waals surface area contributed by atoms with Crippen molar-refractivity contribution in [2.75, 3.05) is 19.6 Å². The molecule has 0 unspecified atom stereocenters. The van der Waals surface area contributed by atoms with Crippen LogP contribution in [0, 0.1) is 11.7 Å². The monoisotopic (exact) mass is 375 g/mol. The van der Waals surface area contributed by atoms with Crippen molar-refractivity contribution in [2.45, 2.75) is 32.2 Å². The second kappa shape index (κ2) is 9.85. The lowest BCUT2D eigenvalue weighted by molar-refractivity contribution is -0.132. The molecule has 0 saturated carbocycles. The molecule has 27 heavy (non-hydrogen) atoms. The van der Waals surface area contributed by atoms with Crippen molar-refractivity contribution in [3.63, 3.8) is 0 Å². The number of rotatable bonds is 7. The van der Waals surface area contributed by atoms with E-state index in [1.165, 1.54) is 24.3 Å². The van der Waals surface area contributed by atoms with Gasteiger partial charge in [0.1, 0.15) is 11.9 Å². The number of hydrogen-bond donors (Lipinski definition) is 2. The van der Waals surface area contributed by atoms with Crippen molar-refractivity contribution in [3.05, 3.63) is 48.3 Å². The highest BCUT2D eigenvalue weighted by Gasteiger charge is 2.33. The number of hydrogen-bond acceptors (Lipinski definition) is 3. The molecule has 0 aliphatic carbocycles. The van der Waals surface area contributed by atoms with E-state index in [1.807, 2.05) is 6.92 Å². The third-order valence-corrected chi connectivity index (χ3v) is 4.76. The summed E-state index contributed by atoms with van der Waals surface area (Å²) in [5, 5.41) is 5.51. The van der Waals surface area contributed by atoms with E-state index in [9.17, 15) is 18.8 Å². The van der Waals surface area contributed by atoms with Gasteiger partial charge < -0.3 is 15.5 Å². The van der Waals surface area contributed by atoms with Crippen LogP contribution in [0.2, 0.25) is 0 Å². The molecule has 1 aliphatic rings. The summed E-state index contributed by atoms with van der Waals surface area (Å²) in [7, 11) is 0. The van der Waals surface area contributed by atoms with Crippen molar-refractivity contribution < 1.29 is 18.8 Å². The molecule has 1 aromatic rings. The minimum Gasteiger partial charge on any atom is -0.351 e. The Balaban J connectivity index is 2.08. The summed E-state index contributed by atoms with van der Waals surface area (Å²) in [4.78, 5) is 38.7. The van der Waals surface area contributed by atoms with Gasteiger partial charge in [-0.25, -0.2) is 4.39 Å². The number of benzene rings is 1. The number of nitrogens with one attached hydrogen (secondary N) is 2. The quantitative estimate of drug-likeness (QED) is 0.714. The number of nitrogens with zero attached hydrogens (tertiary/aromatic N) is 1. The fourth-order valence-corrected chi connectivity index (χ4v) is 3.21. The first-order chi connectivity index (χ1) is 13.0. The van der Waals surface area contributed by atoms with Crippen LogP contribution in [0.3, 0.4) is 0 Å². The molecule has 2 rings (SSSR count). The number of likely N-dealkylation sites (tertiary alicyclic amines) is 1. The van der Waals surface area contributed by atoms with E-state index in [0.29, 0.717) is 38.9 Å². The molecule has 0 spiro atoms. The van der Waals surface area contributed by atoms with Crippen LogP contribution in [0.1, 0.15) is 36.5 Å². The number of piperidine rings is 1. The Kier molecular flexibility index (Phi) is 7.52. The lowest BCUT2D eigenvalue weighted by Gasteiger charge is -2.35. The topological polar surface area (TPSA) is 78.5 Å². The summed E-state index contributed by atoms with van der Waals surface area (Å²) in [6.07, 6.45) is 3.28. The van der Waals surface area contributed by atoms with E-state index < -0.39 is 17.8 Å². The van der Waals surface area contributed by atoms with Gasteiger partial charge in [-0.3, -0.25) is 14.4 Å². The van der Waals surface area contributed by atoms with E-state index in [1.54, 1.807) is 11.0 Å². The summed E-state index contributed by atoms with van der Waals surface area (Å²) in [6.45, 7) is 6.83. The number of carbonyl (C=O) groups excluding carboxylic acids is 3. The van der Waals surface area contributed by atoms with Crippen LogP contribution in [0.15, 0.2) is 36.9 Å². The molecule has 7 heteroatoms. The highest BCUT2D eigenvalue weighted by Crippen LogP contribution is 2.22. The fraction of sp³-hybridized carbons (Fsp3) is 0.450. The fourth-order valence-electron chi connectivity index (χ4n) is 3.21. The van der Waals surface area contributed by atoms with E-state index >= 15 is 0 Å². The summed E-state index contributed by atoms with van der Waals surface area (Å²) in [5.41, 5.74) is 0.288. The van der Waals surface area contributed by atoms with Crippen molar-refractivity contribution in [1.82, 2.24) is 15.5 Å². The molecule has 2 N–H and O–H groups in total. The number of amides is 3. The largest absolute Gasteiger partial charge is 0.351 e. The first-order valence-corrected chi connectivity index (χ1v) is 9.19. The van der Waals surface area contributed by atoms with E-state index in [0.717, 1.165) is 0 Å². The maximum Gasteiger partial charge on any atom is 0.251 e. The van der Waals surface area contributed by atoms with Crippen LogP contribution in [-0.2, 0) is 9.59 Å². The highest BCUT2D eigenvalue weighted by molar-refractivity contribution is 5.97. The molecular weight excluding hydrogens is 349 g/mol. The lowest BCUT2D eigenvalue weighted by Crippen LogP contribution is -2.53. The zero-order valence-electron chi connectivity index (χ0n) is 15.5. The standard InChI is InChI=1S/C20H26FN3O3/c1-3-11-22-20(27)18(14-9-12-24(13-10-14)17(25)4-2)23-19(26)15-5-7-16(21)8-6-15/h3,5-8,14,18H,1,4,9-13H2,2H3,(H,22,27)(H,23,26)/t18-/m1/s1. The molecule has 0 radical (unpaired) electrons. The Hall–Kier alpha value is -2.70. The molecule has 6 nitrogen and oxygen atoms in total. The van der Waals surface area contributed by atoms with Gasteiger partial charge in [0, 0.05) is 31.6 Å². The average Bonchev–Trinajstić information content (AvgIpc) is 2.70. The van der Waals surface area contributed by atoms with Gasteiger partial charge in [0.2, 0.25) is 11.8 Å². The van der Waals surface area contributed by atoms with Crippen LogP contribution < -0.4 is 10.6 Å². The predicted molar refractivity (Wildman–Crippen MR) is 100 cm³/mol. The first-order valence-electron chi connectivity index (χ1n) is 9.19. The predicted octanol–water partition coefficient (Wildman–Crippen LogP) is 1.87. The molecule has 1 aromatic carbocycles. The Morgan fingerprint density at radius 3 is 2.44 bits per heavy atom. The molecule has 1 aliphatic heterocycles. The highest BCUT2D eigenvalue weighted by atomic mass is 19.1. The van der Waals surface area contributed by atoms with Gasteiger partial charge >= 0.3 is 0 Å². The van der Waals surface area contributed by atoms with Crippen molar-refractivity contribution >= 4 is 17.7 Å². The van der Waals surface area contributed by atoms with E-state index in [-0.39, 0.29) is 23.3 Å².